The SMILES string of the molecule is CCCCCCCCCCCCCCCC.CCNCC. The lowest BCUT2D eigenvalue weighted by molar-refractivity contribution is 0.538. The van der Waals surface area contributed by atoms with Crippen LogP contribution in [0.4, 0.5) is 0 Å². The molecule has 0 saturated heterocycles. The Morgan fingerprint density at radius 1 is 0.381 bits per heavy atom. The Hall–Kier alpha value is -0.0400. The fraction of sp³-hybridized carbons (Fsp3) is 1.00. The van der Waals surface area contributed by atoms with Crippen LogP contribution < -0.4 is 5.32 Å². The molecule has 0 aromatic heterocycles. The highest BCUT2D eigenvalue weighted by Gasteiger charge is 1.92. The maximum Gasteiger partial charge on any atom is -0.00775 e. The molecule has 0 spiro atoms. The van der Waals surface area contributed by atoms with Gasteiger partial charge in [0.15, 0.2) is 0 Å². The van der Waals surface area contributed by atoms with Gasteiger partial charge in [-0.2, -0.15) is 0 Å². The van der Waals surface area contributed by atoms with Crippen LogP contribution in [-0.2, 0) is 0 Å². The van der Waals surface area contributed by atoms with E-state index in [4.69, 9.17) is 0 Å². The zero-order chi connectivity index (χ0) is 16.0. The molecule has 0 aliphatic carbocycles. The van der Waals surface area contributed by atoms with Crippen molar-refractivity contribution < 1.29 is 0 Å². The summed E-state index contributed by atoms with van der Waals surface area (Å²) in [5, 5.41) is 3.11. The number of unbranched alkanes of at least 4 members (excludes halogenated alkanes) is 13. The van der Waals surface area contributed by atoms with E-state index in [1.165, 1.54) is 89.9 Å². The molecule has 1 heteroatoms. The second-order valence-electron chi connectivity index (χ2n) is 6.20. The van der Waals surface area contributed by atoms with Crippen LogP contribution in [0.1, 0.15) is 118 Å². The number of hydrogen-bond acceptors (Lipinski definition) is 1. The van der Waals surface area contributed by atoms with Crippen molar-refractivity contribution in [2.24, 2.45) is 0 Å². The van der Waals surface area contributed by atoms with E-state index in [0.717, 1.165) is 13.1 Å². The van der Waals surface area contributed by atoms with E-state index in [0.29, 0.717) is 0 Å². The van der Waals surface area contributed by atoms with Crippen molar-refractivity contribution in [1.29, 1.82) is 0 Å². The minimum atomic E-state index is 1.09. The summed E-state index contributed by atoms with van der Waals surface area (Å²) in [5.41, 5.74) is 0. The molecular formula is C20H45N. The summed E-state index contributed by atoms with van der Waals surface area (Å²) in [4.78, 5) is 0. The van der Waals surface area contributed by atoms with Crippen molar-refractivity contribution in [1.82, 2.24) is 5.32 Å². The molecule has 0 bridgehead atoms. The molecule has 0 aromatic carbocycles. The highest BCUT2D eigenvalue weighted by atomic mass is 14.8. The smallest absolute Gasteiger partial charge is 0.00775 e. The van der Waals surface area contributed by atoms with Crippen molar-refractivity contribution >= 4 is 0 Å². The zero-order valence-electron chi connectivity index (χ0n) is 15.8. The summed E-state index contributed by atoms with van der Waals surface area (Å²) in [6, 6.07) is 0. The quantitative estimate of drug-likeness (QED) is 0.318. The molecule has 0 saturated carbocycles. The normalized spacial score (nSPS) is 10.3. The Morgan fingerprint density at radius 2 is 0.619 bits per heavy atom. The molecule has 0 unspecified atom stereocenters. The molecule has 0 atom stereocenters. The molecule has 0 fully saturated rings. The maximum absolute atomic E-state index is 3.11. The molecule has 1 N–H and O–H groups in total. The van der Waals surface area contributed by atoms with Gasteiger partial charge in [0, 0.05) is 0 Å². The summed E-state index contributed by atoms with van der Waals surface area (Å²) in [6.07, 6.45) is 20.4. The highest BCUT2D eigenvalue weighted by molar-refractivity contribution is 4.48. The van der Waals surface area contributed by atoms with Crippen LogP contribution >= 0.6 is 0 Å². The minimum absolute atomic E-state index is 1.09. The lowest BCUT2D eigenvalue weighted by atomic mass is 10.0. The summed E-state index contributed by atoms with van der Waals surface area (Å²) >= 11 is 0. The molecule has 0 aliphatic heterocycles. The van der Waals surface area contributed by atoms with Gasteiger partial charge in [-0.25, -0.2) is 0 Å². The largest absolute Gasteiger partial charge is 0.317 e. The van der Waals surface area contributed by atoms with Crippen LogP contribution in [-0.4, -0.2) is 13.1 Å². The molecule has 0 aliphatic rings. The van der Waals surface area contributed by atoms with Gasteiger partial charge in [-0.1, -0.05) is 118 Å². The fourth-order valence-corrected chi connectivity index (χ4v) is 2.52. The summed E-state index contributed by atoms with van der Waals surface area (Å²) in [6.45, 7) is 11.0. The zero-order valence-corrected chi connectivity index (χ0v) is 15.8. The van der Waals surface area contributed by atoms with E-state index in [-0.39, 0.29) is 0 Å². The highest BCUT2D eigenvalue weighted by Crippen LogP contribution is 2.12. The van der Waals surface area contributed by atoms with Gasteiger partial charge in [0.1, 0.15) is 0 Å². The molecular weight excluding hydrogens is 254 g/mol. The Morgan fingerprint density at radius 3 is 0.762 bits per heavy atom. The third kappa shape index (κ3) is 28.8. The standard InChI is InChI=1S/C16H34.C4H11N/c1-3-5-7-9-11-13-15-16-14-12-10-8-6-4-2;1-3-5-4-2/h3-16H2,1-2H3;5H,3-4H2,1-2H3. The van der Waals surface area contributed by atoms with Crippen molar-refractivity contribution in [2.75, 3.05) is 13.1 Å². The van der Waals surface area contributed by atoms with Crippen molar-refractivity contribution in [2.45, 2.75) is 118 Å². The van der Waals surface area contributed by atoms with Gasteiger partial charge in [0.05, 0.1) is 0 Å². The Bertz CT molecular complexity index is 129. The topological polar surface area (TPSA) is 12.0 Å². The predicted octanol–water partition coefficient (Wildman–Crippen LogP) is 7.10. The average molecular weight is 300 g/mol. The molecule has 21 heavy (non-hydrogen) atoms. The van der Waals surface area contributed by atoms with Gasteiger partial charge in [-0.3, -0.25) is 0 Å². The first kappa shape index (κ1) is 23.2. The van der Waals surface area contributed by atoms with Gasteiger partial charge in [0.25, 0.3) is 0 Å². The van der Waals surface area contributed by atoms with Crippen molar-refractivity contribution in [3.63, 3.8) is 0 Å². The molecule has 1 nitrogen and oxygen atoms in total. The van der Waals surface area contributed by atoms with Crippen LogP contribution in [0.5, 0.6) is 0 Å². The van der Waals surface area contributed by atoms with E-state index in [1.807, 2.05) is 0 Å². The molecule has 130 valence electrons. The summed E-state index contributed by atoms with van der Waals surface area (Å²) in [5.74, 6) is 0. The van der Waals surface area contributed by atoms with Gasteiger partial charge >= 0.3 is 0 Å². The van der Waals surface area contributed by atoms with E-state index >= 15 is 0 Å². The third-order valence-corrected chi connectivity index (χ3v) is 3.96. The van der Waals surface area contributed by atoms with Crippen LogP contribution in [0.3, 0.4) is 0 Å². The monoisotopic (exact) mass is 299 g/mol. The predicted molar refractivity (Wildman–Crippen MR) is 100 cm³/mol. The van der Waals surface area contributed by atoms with Gasteiger partial charge in [-0.15, -0.1) is 0 Å². The van der Waals surface area contributed by atoms with E-state index in [9.17, 15) is 0 Å². The van der Waals surface area contributed by atoms with Crippen LogP contribution in [0.25, 0.3) is 0 Å². The Labute approximate surface area is 136 Å². The van der Waals surface area contributed by atoms with Crippen molar-refractivity contribution in [3.05, 3.63) is 0 Å². The van der Waals surface area contributed by atoms with Gasteiger partial charge < -0.3 is 5.32 Å². The number of nitrogens with one attached hydrogen (secondary N) is 1. The van der Waals surface area contributed by atoms with Gasteiger partial charge in [0.2, 0.25) is 0 Å². The van der Waals surface area contributed by atoms with Crippen LogP contribution in [0.2, 0.25) is 0 Å². The molecule has 0 aromatic rings. The lowest BCUT2D eigenvalue weighted by Crippen LogP contribution is -2.09. The maximum atomic E-state index is 3.11. The first-order valence-electron chi connectivity index (χ1n) is 10.0. The van der Waals surface area contributed by atoms with Crippen LogP contribution in [0, 0.1) is 0 Å². The van der Waals surface area contributed by atoms with Crippen LogP contribution in [0.15, 0.2) is 0 Å². The van der Waals surface area contributed by atoms with Gasteiger partial charge in [-0.05, 0) is 13.1 Å². The number of rotatable bonds is 15. The first-order chi connectivity index (χ1) is 10.3. The molecule has 0 heterocycles. The summed E-state index contributed by atoms with van der Waals surface area (Å²) < 4.78 is 0. The van der Waals surface area contributed by atoms with E-state index < -0.39 is 0 Å². The Kier molecular flexibility index (Phi) is 27.6. The third-order valence-electron chi connectivity index (χ3n) is 3.96. The molecule has 0 amide bonds. The van der Waals surface area contributed by atoms with Crippen molar-refractivity contribution in [3.8, 4) is 0 Å². The summed E-state index contributed by atoms with van der Waals surface area (Å²) in [7, 11) is 0. The van der Waals surface area contributed by atoms with E-state index in [2.05, 4.69) is 33.0 Å². The second-order valence-corrected chi connectivity index (χ2v) is 6.20. The fourth-order valence-electron chi connectivity index (χ4n) is 2.52. The first-order valence-corrected chi connectivity index (χ1v) is 10.0. The molecule has 0 radical (unpaired) electrons. The Balaban J connectivity index is 0. The lowest BCUT2D eigenvalue weighted by Gasteiger charge is -2.02. The number of hydrogen-bond donors (Lipinski definition) is 1. The minimum Gasteiger partial charge on any atom is -0.317 e. The van der Waals surface area contributed by atoms with E-state index in [1.54, 1.807) is 0 Å². The average Bonchev–Trinajstić information content (AvgIpc) is 2.50. The second kappa shape index (κ2) is 24.9. The molecule has 0 rings (SSSR count).